The Bertz CT molecular complexity index is 1290. The van der Waals surface area contributed by atoms with E-state index in [-0.39, 0.29) is 29.2 Å². The van der Waals surface area contributed by atoms with Crippen molar-refractivity contribution in [2.24, 2.45) is 11.3 Å². The number of anilines is 1. The molecule has 3 aliphatic rings. The molecule has 12 heteroatoms. The van der Waals surface area contributed by atoms with Crippen LogP contribution in [0.3, 0.4) is 0 Å². The van der Waals surface area contributed by atoms with Crippen LogP contribution in [0.5, 0.6) is 0 Å². The number of carbonyl (C=O) groups is 1. The van der Waals surface area contributed by atoms with E-state index in [2.05, 4.69) is 25.5 Å². The third kappa shape index (κ3) is 3.07. The summed E-state index contributed by atoms with van der Waals surface area (Å²) in [6.45, 7) is 2.39. The molecular formula is C22H19F4N7O. The fourth-order valence-corrected chi connectivity index (χ4v) is 5.59. The van der Waals surface area contributed by atoms with Gasteiger partial charge in [-0.3, -0.25) is 4.79 Å². The van der Waals surface area contributed by atoms with Crippen molar-refractivity contribution in [3.8, 4) is 5.82 Å². The van der Waals surface area contributed by atoms with Crippen LogP contribution in [0.2, 0.25) is 0 Å². The van der Waals surface area contributed by atoms with Crippen LogP contribution in [0.15, 0.2) is 36.9 Å². The first-order valence-corrected chi connectivity index (χ1v) is 10.8. The van der Waals surface area contributed by atoms with Gasteiger partial charge in [-0.1, -0.05) is 0 Å². The number of aromatic nitrogens is 5. The summed E-state index contributed by atoms with van der Waals surface area (Å²) in [6.07, 6.45) is 2.23. The van der Waals surface area contributed by atoms with Crippen LogP contribution >= 0.6 is 0 Å². The maximum atomic E-state index is 14.4. The van der Waals surface area contributed by atoms with Gasteiger partial charge in [-0.15, -0.1) is 4.80 Å². The van der Waals surface area contributed by atoms with E-state index >= 15 is 0 Å². The molecule has 3 aromatic rings. The fraction of sp³-hybridized carbons (Fsp3) is 0.409. The van der Waals surface area contributed by atoms with Crippen LogP contribution in [0, 0.1) is 24.1 Å². The zero-order valence-corrected chi connectivity index (χ0v) is 17.9. The van der Waals surface area contributed by atoms with Gasteiger partial charge in [0.25, 0.3) is 5.91 Å². The summed E-state index contributed by atoms with van der Waals surface area (Å²) in [5, 5.41) is 11.1. The number of halogens is 4. The summed E-state index contributed by atoms with van der Waals surface area (Å²) in [5.41, 5.74) is -0.0149. The Balaban J connectivity index is 1.28. The van der Waals surface area contributed by atoms with Crippen LogP contribution in [0.25, 0.3) is 5.82 Å². The summed E-state index contributed by atoms with van der Waals surface area (Å²) in [4.78, 5) is 24.7. The number of nitrogens with zero attached hydrogens (tertiary/aromatic N) is 6. The molecule has 4 unspecified atom stereocenters. The van der Waals surface area contributed by atoms with Gasteiger partial charge in [0.15, 0.2) is 17.5 Å². The van der Waals surface area contributed by atoms with Gasteiger partial charge in [-0.2, -0.15) is 23.4 Å². The van der Waals surface area contributed by atoms with E-state index in [1.54, 1.807) is 17.2 Å². The average Bonchev–Trinajstić information content (AvgIpc) is 3.14. The summed E-state index contributed by atoms with van der Waals surface area (Å²) in [5.74, 6) is -0.882. The third-order valence-electron chi connectivity index (χ3n) is 7.20. The van der Waals surface area contributed by atoms with Gasteiger partial charge in [0.2, 0.25) is 0 Å². The van der Waals surface area contributed by atoms with E-state index in [4.69, 9.17) is 0 Å². The van der Waals surface area contributed by atoms with E-state index in [1.165, 1.54) is 17.2 Å². The molecule has 6 rings (SSSR count). The lowest BCUT2D eigenvalue weighted by atomic mass is 9.71. The summed E-state index contributed by atoms with van der Waals surface area (Å²) in [6, 6.07) is 1.64. The van der Waals surface area contributed by atoms with Gasteiger partial charge in [0.05, 0.1) is 29.6 Å². The smallest absolute Gasteiger partial charge is 0.363 e. The Morgan fingerprint density at radius 3 is 2.62 bits per heavy atom. The number of carbonyl (C=O) groups excluding carboxylic acids is 1. The number of hydrogen-bond acceptors (Lipinski definition) is 6. The van der Waals surface area contributed by atoms with Crippen LogP contribution < -0.4 is 5.32 Å². The second-order valence-electron chi connectivity index (χ2n) is 9.25. The summed E-state index contributed by atoms with van der Waals surface area (Å²) in [7, 11) is 0. The topological polar surface area (TPSA) is 88.8 Å². The zero-order chi connectivity index (χ0) is 23.8. The molecule has 0 aromatic carbocycles. The molecule has 2 aliphatic carbocycles. The standard InChI is InChI=1S/C22H19F4N7O/c1-11-4-14(19(28-8-11)33-29-2-3-30-33)20(34)32-10-13-6-21(13)7-16(17(21)32)31-18-15(23)5-12(9-27-18)22(24,25)26/h2-5,8-9,13,16-17H,6-7,10H2,1H3,(H,27,31). The van der Waals surface area contributed by atoms with E-state index < -0.39 is 17.6 Å². The highest BCUT2D eigenvalue weighted by Gasteiger charge is 2.75. The van der Waals surface area contributed by atoms with Crippen molar-refractivity contribution in [3.05, 3.63) is 59.4 Å². The molecule has 1 N–H and O–H groups in total. The Hall–Kier alpha value is -3.57. The fourth-order valence-electron chi connectivity index (χ4n) is 5.59. The van der Waals surface area contributed by atoms with Gasteiger partial charge in [0.1, 0.15) is 0 Å². The number of alkyl halides is 3. The lowest BCUT2D eigenvalue weighted by molar-refractivity contribution is -0.138. The van der Waals surface area contributed by atoms with Crippen LogP contribution in [0.1, 0.15) is 34.3 Å². The maximum Gasteiger partial charge on any atom is 0.417 e. The van der Waals surface area contributed by atoms with E-state index in [9.17, 15) is 22.4 Å². The third-order valence-corrected chi connectivity index (χ3v) is 7.20. The molecule has 176 valence electrons. The molecule has 2 saturated carbocycles. The molecule has 3 fully saturated rings. The monoisotopic (exact) mass is 473 g/mol. The van der Waals surface area contributed by atoms with Crippen molar-refractivity contribution in [2.75, 3.05) is 11.9 Å². The minimum atomic E-state index is -4.67. The van der Waals surface area contributed by atoms with Gasteiger partial charge in [-0.05, 0) is 48.8 Å². The molecule has 4 heterocycles. The average molecular weight is 473 g/mol. The van der Waals surface area contributed by atoms with Crippen molar-refractivity contribution in [2.45, 2.75) is 38.0 Å². The largest absolute Gasteiger partial charge is 0.417 e. The Labute approximate surface area is 191 Å². The lowest BCUT2D eigenvalue weighted by Gasteiger charge is -2.48. The van der Waals surface area contributed by atoms with Crippen molar-refractivity contribution in [1.29, 1.82) is 0 Å². The molecule has 1 aliphatic heterocycles. The molecule has 4 atom stereocenters. The molecule has 0 bridgehead atoms. The molecular weight excluding hydrogens is 454 g/mol. The second-order valence-corrected chi connectivity index (χ2v) is 9.25. The van der Waals surface area contributed by atoms with Crippen molar-refractivity contribution < 1.29 is 22.4 Å². The number of pyridine rings is 2. The molecule has 0 radical (unpaired) electrons. The van der Waals surface area contributed by atoms with Gasteiger partial charge in [-0.25, -0.2) is 14.4 Å². The lowest BCUT2D eigenvalue weighted by Crippen LogP contribution is -2.60. The highest BCUT2D eigenvalue weighted by molar-refractivity contribution is 5.98. The normalized spacial score (nSPS) is 27.1. The quantitative estimate of drug-likeness (QED) is 0.586. The first kappa shape index (κ1) is 21.0. The Kier molecular flexibility index (Phi) is 4.30. The molecule has 1 amide bonds. The first-order valence-electron chi connectivity index (χ1n) is 10.8. The number of nitrogens with one attached hydrogen (secondary N) is 1. The summed E-state index contributed by atoms with van der Waals surface area (Å²) >= 11 is 0. The molecule has 1 saturated heterocycles. The van der Waals surface area contributed by atoms with Gasteiger partial charge >= 0.3 is 6.18 Å². The minimum Gasteiger partial charge on any atom is -0.363 e. The number of rotatable bonds is 4. The number of likely N-dealkylation sites (tertiary alicyclic amines) is 1. The second kappa shape index (κ2) is 6.97. The first-order chi connectivity index (χ1) is 16.2. The number of hydrogen-bond donors (Lipinski definition) is 1. The van der Waals surface area contributed by atoms with Crippen LogP contribution in [0.4, 0.5) is 23.4 Å². The van der Waals surface area contributed by atoms with Crippen molar-refractivity contribution in [1.82, 2.24) is 29.9 Å². The van der Waals surface area contributed by atoms with Crippen molar-refractivity contribution in [3.63, 3.8) is 0 Å². The Morgan fingerprint density at radius 1 is 1.15 bits per heavy atom. The zero-order valence-electron chi connectivity index (χ0n) is 17.9. The van der Waals surface area contributed by atoms with E-state index in [1.807, 2.05) is 6.92 Å². The maximum absolute atomic E-state index is 14.4. The highest BCUT2D eigenvalue weighted by Crippen LogP contribution is 2.71. The van der Waals surface area contributed by atoms with E-state index in [0.717, 1.165) is 12.0 Å². The number of aryl methyl sites for hydroxylation is 1. The highest BCUT2D eigenvalue weighted by atomic mass is 19.4. The van der Waals surface area contributed by atoms with E-state index in [0.29, 0.717) is 42.5 Å². The summed E-state index contributed by atoms with van der Waals surface area (Å²) < 4.78 is 52.9. The molecule has 3 aromatic heterocycles. The number of amides is 1. The molecule has 1 spiro atoms. The van der Waals surface area contributed by atoms with Gasteiger partial charge in [0, 0.05) is 25.0 Å². The molecule has 34 heavy (non-hydrogen) atoms. The predicted molar refractivity (Wildman–Crippen MR) is 110 cm³/mol. The van der Waals surface area contributed by atoms with Crippen LogP contribution in [-0.4, -0.2) is 54.4 Å². The minimum absolute atomic E-state index is 0.0307. The predicted octanol–water partition coefficient (Wildman–Crippen LogP) is 3.24. The number of piperidine rings is 1. The molecule has 8 nitrogen and oxygen atoms in total. The van der Waals surface area contributed by atoms with Gasteiger partial charge < -0.3 is 10.2 Å². The van der Waals surface area contributed by atoms with Crippen LogP contribution in [-0.2, 0) is 6.18 Å². The SMILES string of the molecule is Cc1cnc(-n2nccn2)c(C(=O)N2CC3CC34CC(Nc3ncc(C(F)(F)F)cc3F)C24)c1. The van der Waals surface area contributed by atoms with Crippen molar-refractivity contribution >= 4 is 11.7 Å². The Morgan fingerprint density at radius 2 is 1.91 bits per heavy atom.